The quantitative estimate of drug-likeness (QED) is 0.939. The average molecular weight is 313 g/mol. The molecule has 6 nitrogen and oxygen atoms in total. The zero-order valence-electron chi connectivity index (χ0n) is 12.5. The predicted molar refractivity (Wildman–Crippen MR) is 82.8 cm³/mol. The first kappa shape index (κ1) is 14.9. The van der Waals surface area contributed by atoms with Crippen molar-refractivity contribution in [1.29, 1.82) is 0 Å². The maximum absolute atomic E-state index is 12.1. The molecule has 6 heteroatoms. The molecule has 2 aromatic rings. The van der Waals surface area contributed by atoms with Gasteiger partial charge < -0.3 is 14.6 Å². The van der Waals surface area contributed by atoms with Gasteiger partial charge in [-0.2, -0.15) is 0 Å². The molecular weight excluding hydrogens is 298 g/mol. The smallest absolute Gasteiger partial charge is 0.414 e. The molecule has 0 unspecified atom stereocenters. The molecule has 118 valence electrons. The predicted octanol–water partition coefficient (Wildman–Crippen LogP) is 3.05. The number of fused-ring (bicyclic) bond motifs is 1. The van der Waals surface area contributed by atoms with Crippen LogP contribution in [0.2, 0.25) is 0 Å². The number of ether oxygens (including phenoxy) is 2. The van der Waals surface area contributed by atoms with E-state index in [2.05, 4.69) is 0 Å². The van der Waals surface area contributed by atoms with Crippen molar-refractivity contribution in [3.63, 3.8) is 0 Å². The van der Waals surface area contributed by atoms with E-state index in [4.69, 9.17) is 14.6 Å². The van der Waals surface area contributed by atoms with E-state index in [1.165, 1.54) is 17.0 Å². The second-order valence-electron chi connectivity index (χ2n) is 5.14. The van der Waals surface area contributed by atoms with Crippen LogP contribution in [-0.2, 0) is 17.9 Å². The van der Waals surface area contributed by atoms with Crippen molar-refractivity contribution in [2.45, 2.75) is 13.2 Å². The number of aromatic carboxylic acids is 1. The van der Waals surface area contributed by atoms with Crippen LogP contribution in [0.4, 0.5) is 10.5 Å². The van der Waals surface area contributed by atoms with Crippen LogP contribution in [-0.4, -0.2) is 24.3 Å². The SMILES string of the molecule is COc1ccc(CN2C(=O)OCc3ccc(C(=O)O)cc32)cc1. The number of nitrogens with zero attached hydrogens (tertiary/aromatic N) is 1. The normalized spacial score (nSPS) is 13.3. The summed E-state index contributed by atoms with van der Waals surface area (Å²) in [5.74, 6) is -0.306. The number of hydrogen-bond acceptors (Lipinski definition) is 4. The van der Waals surface area contributed by atoms with Crippen LogP contribution >= 0.6 is 0 Å². The minimum Gasteiger partial charge on any atom is -0.497 e. The highest BCUT2D eigenvalue weighted by Gasteiger charge is 2.26. The first-order valence-corrected chi connectivity index (χ1v) is 7.02. The lowest BCUT2D eigenvalue weighted by molar-refractivity contribution is 0.0696. The fourth-order valence-electron chi connectivity index (χ4n) is 2.45. The molecule has 1 N–H and O–H groups in total. The number of carboxylic acids is 1. The fourth-order valence-corrected chi connectivity index (χ4v) is 2.45. The summed E-state index contributed by atoms with van der Waals surface area (Å²) in [6.45, 7) is 0.437. The maximum Gasteiger partial charge on any atom is 0.414 e. The molecule has 1 aliphatic rings. The third-order valence-corrected chi connectivity index (χ3v) is 3.69. The van der Waals surface area contributed by atoms with Gasteiger partial charge >= 0.3 is 12.1 Å². The van der Waals surface area contributed by atoms with Crippen LogP contribution in [0.1, 0.15) is 21.5 Å². The fraction of sp³-hybridized carbons (Fsp3) is 0.176. The molecular formula is C17H15NO5. The Hall–Kier alpha value is -3.02. The molecule has 0 saturated carbocycles. The molecule has 1 heterocycles. The summed E-state index contributed by atoms with van der Waals surface area (Å²) in [7, 11) is 1.58. The van der Waals surface area contributed by atoms with Crippen LogP contribution in [0.5, 0.6) is 5.75 Å². The summed E-state index contributed by atoms with van der Waals surface area (Å²) in [4.78, 5) is 24.7. The molecule has 0 aromatic heterocycles. The second kappa shape index (κ2) is 6.00. The molecule has 0 radical (unpaired) electrons. The molecule has 1 aliphatic heterocycles. The topological polar surface area (TPSA) is 76.1 Å². The van der Waals surface area contributed by atoms with Crippen LogP contribution < -0.4 is 9.64 Å². The zero-order chi connectivity index (χ0) is 16.4. The van der Waals surface area contributed by atoms with Gasteiger partial charge in [0.25, 0.3) is 0 Å². The summed E-state index contributed by atoms with van der Waals surface area (Å²) < 4.78 is 10.3. The van der Waals surface area contributed by atoms with Crippen molar-refractivity contribution in [3.05, 3.63) is 59.2 Å². The van der Waals surface area contributed by atoms with Crippen molar-refractivity contribution in [2.24, 2.45) is 0 Å². The number of amides is 1. The van der Waals surface area contributed by atoms with Crippen LogP contribution in [0.25, 0.3) is 0 Å². The average Bonchev–Trinajstić information content (AvgIpc) is 2.57. The monoisotopic (exact) mass is 313 g/mol. The Morgan fingerprint density at radius 3 is 2.65 bits per heavy atom. The summed E-state index contributed by atoms with van der Waals surface area (Å²) in [5.41, 5.74) is 2.37. The van der Waals surface area contributed by atoms with Gasteiger partial charge in [0.15, 0.2) is 0 Å². The van der Waals surface area contributed by atoms with Gasteiger partial charge in [0, 0.05) is 5.56 Å². The lowest BCUT2D eigenvalue weighted by Crippen LogP contribution is -2.35. The van der Waals surface area contributed by atoms with Crippen molar-refractivity contribution in [3.8, 4) is 5.75 Å². The van der Waals surface area contributed by atoms with Gasteiger partial charge in [0.05, 0.1) is 24.9 Å². The highest BCUT2D eigenvalue weighted by molar-refractivity contribution is 5.94. The molecule has 3 rings (SSSR count). The molecule has 0 fully saturated rings. The van der Waals surface area contributed by atoms with E-state index in [0.29, 0.717) is 12.2 Å². The number of hydrogen-bond donors (Lipinski definition) is 1. The van der Waals surface area contributed by atoms with Gasteiger partial charge in [0.2, 0.25) is 0 Å². The molecule has 23 heavy (non-hydrogen) atoms. The number of carbonyl (C=O) groups is 2. The van der Waals surface area contributed by atoms with Gasteiger partial charge in [0.1, 0.15) is 12.4 Å². The summed E-state index contributed by atoms with van der Waals surface area (Å²) >= 11 is 0. The minimum absolute atomic E-state index is 0.137. The Labute approximate surface area is 132 Å². The number of benzene rings is 2. The van der Waals surface area contributed by atoms with E-state index in [9.17, 15) is 9.59 Å². The molecule has 1 amide bonds. The third kappa shape index (κ3) is 2.96. The Kier molecular flexibility index (Phi) is 3.89. The number of methoxy groups -OCH3 is 1. The summed E-state index contributed by atoms with van der Waals surface area (Å²) in [6, 6.07) is 12.0. The second-order valence-corrected chi connectivity index (χ2v) is 5.14. The van der Waals surface area contributed by atoms with Gasteiger partial charge in [-0.15, -0.1) is 0 Å². The standard InChI is InChI=1S/C17H15NO5/c1-22-14-6-2-11(3-7-14)9-18-15-8-12(16(19)20)4-5-13(15)10-23-17(18)21/h2-8H,9-10H2,1H3,(H,19,20). The lowest BCUT2D eigenvalue weighted by Gasteiger charge is -2.29. The van der Waals surface area contributed by atoms with Crippen LogP contribution in [0, 0.1) is 0 Å². The Bertz CT molecular complexity index is 754. The first-order chi connectivity index (χ1) is 11.1. The Balaban J connectivity index is 1.93. The number of carboxylic acid groups (broad SMARTS) is 1. The van der Waals surface area contributed by atoms with Crippen molar-refractivity contribution >= 4 is 17.7 Å². The van der Waals surface area contributed by atoms with Crippen LogP contribution in [0.15, 0.2) is 42.5 Å². The van der Waals surface area contributed by atoms with Gasteiger partial charge in [-0.1, -0.05) is 18.2 Å². The lowest BCUT2D eigenvalue weighted by atomic mass is 10.1. The molecule has 0 aliphatic carbocycles. The van der Waals surface area contributed by atoms with E-state index >= 15 is 0 Å². The van der Waals surface area contributed by atoms with Crippen molar-refractivity contribution < 1.29 is 24.2 Å². The summed E-state index contributed by atoms with van der Waals surface area (Å²) in [6.07, 6.45) is -0.490. The summed E-state index contributed by atoms with van der Waals surface area (Å²) in [5, 5.41) is 9.14. The number of carbonyl (C=O) groups excluding carboxylic acids is 1. The van der Waals surface area contributed by atoms with E-state index in [1.807, 2.05) is 12.1 Å². The van der Waals surface area contributed by atoms with Gasteiger partial charge in [-0.05, 0) is 29.8 Å². The van der Waals surface area contributed by atoms with Crippen LogP contribution in [0.3, 0.4) is 0 Å². The minimum atomic E-state index is -1.03. The largest absolute Gasteiger partial charge is 0.497 e. The molecule has 0 spiro atoms. The molecule has 0 saturated heterocycles. The Morgan fingerprint density at radius 2 is 2.00 bits per heavy atom. The molecule has 2 aromatic carbocycles. The van der Waals surface area contributed by atoms with E-state index in [1.54, 1.807) is 25.3 Å². The number of rotatable bonds is 4. The maximum atomic E-state index is 12.1. The van der Waals surface area contributed by atoms with Gasteiger partial charge in [-0.3, -0.25) is 4.90 Å². The van der Waals surface area contributed by atoms with E-state index in [-0.39, 0.29) is 12.2 Å². The first-order valence-electron chi connectivity index (χ1n) is 7.02. The number of cyclic esters (lactones) is 1. The van der Waals surface area contributed by atoms with E-state index in [0.717, 1.165) is 16.9 Å². The van der Waals surface area contributed by atoms with Crippen molar-refractivity contribution in [2.75, 3.05) is 12.0 Å². The zero-order valence-corrected chi connectivity index (χ0v) is 12.5. The highest BCUT2D eigenvalue weighted by Crippen LogP contribution is 2.30. The van der Waals surface area contributed by atoms with Gasteiger partial charge in [-0.25, -0.2) is 9.59 Å². The molecule has 0 bridgehead atoms. The van der Waals surface area contributed by atoms with E-state index < -0.39 is 12.1 Å². The number of anilines is 1. The third-order valence-electron chi connectivity index (χ3n) is 3.69. The Morgan fingerprint density at radius 1 is 1.26 bits per heavy atom. The highest BCUT2D eigenvalue weighted by atomic mass is 16.6. The molecule has 0 atom stereocenters. The van der Waals surface area contributed by atoms with Crippen molar-refractivity contribution in [1.82, 2.24) is 0 Å².